The number of hydrogen-bond acceptors (Lipinski definition) is 6. The van der Waals surface area contributed by atoms with Crippen LogP contribution in [0.15, 0.2) is 66.0 Å². The molecule has 1 atom stereocenters. The Balaban J connectivity index is 1.51. The Bertz CT molecular complexity index is 1210. The van der Waals surface area contributed by atoms with Crippen LogP contribution in [0.5, 0.6) is 0 Å². The lowest BCUT2D eigenvalue weighted by Gasteiger charge is -2.27. The molecule has 1 N–H and O–H groups in total. The van der Waals surface area contributed by atoms with E-state index in [1.807, 2.05) is 60.8 Å². The van der Waals surface area contributed by atoms with Gasteiger partial charge in [0.15, 0.2) is 10.9 Å². The minimum absolute atomic E-state index is 0.0530. The summed E-state index contributed by atoms with van der Waals surface area (Å²) in [6, 6.07) is 17.8. The lowest BCUT2D eigenvalue weighted by molar-refractivity contribution is 0.0991. The molecule has 164 valence electrons. The average molecular weight is 448 g/mol. The number of Topliss-reactive ketones (excluding diaryl/α,β-unsaturated/α-hetero) is 1. The SMILES string of the molecule is CCn1c(SC(C(=O)c2c[nH]c3ccccc23)c2ccccc2)nnc1N1CCOCC1. The van der Waals surface area contributed by atoms with Gasteiger partial charge in [-0.05, 0) is 18.6 Å². The van der Waals surface area contributed by atoms with Crippen molar-refractivity contribution in [2.24, 2.45) is 0 Å². The summed E-state index contributed by atoms with van der Waals surface area (Å²) in [6.07, 6.45) is 1.81. The third kappa shape index (κ3) is 3.91. The lowest BCUT2D eigenvalue weighted by Crippen LogP contribution is -2.38. The maximum absolute atomic E-state index is 13.8. The molecular formula is C24H25N5O2S. The van der Waals surface area contributed by atoms with Gasteiger partial charge in [0.25, 0.3) is 0 Å². The number of carbonyl (C=O) groups excluding carboxylic acids is 1. The number of H-pyrrole nitrogens is 1. The van der Waals surface area contributed by atoms with E-state index in [0.29, 0.717) is 18.8 Å². The van der Waals surface area contributed by atoms with Crippen molar-refractivity contribution in [2.45, 2.75) is 23.9 Å². The maximum atomic E-state index is 13.8. The molecule has 1 fully saturated rings. The standard InChI is InChI=1S/C24H25N5O2S/c1-2-29-23(28-12-14-31-15-13-28)26-27-24(29)32-22(17-8-4-3-5-9-17)21(30)19-16-25-20-11-7-6-10-18(19)20/h3-11,16,22,25H,2,12-15H2,1H3. The number of anilines is 1. The zero-order chi connectivity index (χ0) is 21.9. The first-order valence-corrected chi connectivity index (χ1v) is 11.7. The summed E-state index contributed by atoms with van der Waals surface area (Å²) < 4.78 is 7.57. The van der Waals surface area contributed by atoms with E-state index in [-0.39, 0.29) is 5.78 Å². The summed E-state index contributed by atoms with van der Waals surface area (Å²) in [5.41, 5.74) is 2.60. The number of fused-ring (bicyclic) bond motifs is 1. The van der Waals surface area contributed by atoms with Gasteiger partial charge in [0, 0.05) is 42.3 Å². The van der Waals surface area contributed by atoms with Crippen LogP contribution in [0.4, 0.5) is 5.95 Å². The largest absolute Gasteiger partial charge is 0.378 e. The zero-order valence-electron chi connectivity index (χ0n) is 17.9. The highest BCUT2D eigenvalue weighted by Gasteiger charge is 2.29. The Kier molecular flexibility index (Phi) is 5.96. The van der Waals surface area contributed by atoms with Crippen molar-refractivity contribution in [1.29, 1.82) is 0 Å². The van der Waals surface area contributed by atoms with E-state index in [1.54, 1.807) is 0 Å². The van der Waals surface area contributed by atoms with Crippen LogP contribution in [0.3, 0.4) is 0 Å². The molecule has 2 aromatic carbocycles. The number of thioether (sulfide) groups is 1. The Labute approximate surface area is 190 Å². The van der Waals surface area contributed by atoms with Gasteiger partial charge in [-0.25, -0.2) is 0 Å². The van der Waals surface area contributed by atoms with E-state index >= 15 is 0 Å². The molecule has 1 unspecified atom stereocenters. The van der Waals surface area contributed by atoms with Crippen LogP contribution in [0.1, 0.15) is 28.1 Å². The predicted octanol–water partition coefficient (Wildman–Crippen LogP) is 4.33. The fourth-order valence-corrected chi connectivity index (χ4v) is 5.23. The van der Waals surface area contributed by atoms with Crippen LogP contribution in [0.2, 0.25) is 0 Å². The molecule has 3 heterocycles. The normalized spacial score (nSPS) is 15.2. The van der Waals surface area contributed by atoms with E-state index in [9.17, 15) is 4.79 Å². The third-order valence-corrected chi connectivity index (χ3v) is 6.96. The van der Waals surface area contributed by atoms with Crippen molar-refractivity contribution >= 4 is 34.4 Å². The van der Waals surface area contributed by atoms with Crippen molar-refractivity contribution in [1.82, 2.24) is 19.7 Å². The number of ketones is 1. The molecule has 4 aromatic rings. The van der Waals surface area contributed by atoms with E-state index in [1.165, 1.54) is 11.8 Å². The van der Waals surface area contributed by atoms with Crippen LogP contribution >= 0.6 is 11.8 Å². The summed E-state index contributed by atoms with van der Waals surface area (Å²) in [4.78, 5) is 19.2. The maximum Gasteiger partial charge on any atom is 0.228 e. The minimum atomic E-state index is -0.428. The second kappa shape index (κ2) is 9.18. The summed E-state index contributed by atoms with van der Waals surface area (Å²) in [5, 5.41) is 10.2. The number of hydrogen-bond donors (Lipinski definition) is 1. The first-order valence-electron chi connectivity index (χ1n) is 10.8. The topological polar surface area (TPSA) is 76.0 Å². The molecule has 1 aliphatic rings. The van der Waals surface area contributed by atoms with E-state index in [2.05, 4.69) is 31.6 Å². The quantitative estimate of drug-likeness (QED) is 0.336. The van der Waals surface area contributed by atoms with Gasteiger partial charge >= 0.3 is 0 Å². The Morgan fingerprint density at radius 1 is 1.09 bits per heavy atom. The van der Waals surface area contributed by atoms with Gasteiger partial charge in [-0.1, -0.05) is 60.3 Å². The number of ether oxygens (including phenoxy) is 1. The highest BCUT2D eigenvalue weighted by atomic mass is 32.2. The van der Waals surface area contributed by atoms with Gasteiger partial charge in [0.2, 0.25) is 5.95 Å². The van der Waals surface area contributed by atoms with Gasteiger partial charge < -0.3 is 14.6 Å². The molecule has 32 heavy (non-hydrogen) atoms. The number of morpholine rings is 1. The van der Waals surface area contributed by atoms with E-state index in [4.69, 9.17) is 4.74 Å². The minimum Gasteiger partial charge on any atom is -0.378 e. The molecule has 0 aliphatic carbocycles. The summed E-state index contributed by atoms with van der Waals surface area (Å²) in [5.74, 6) is 0.891. The number of para-hydroxylation sites is 1. The molecule has 0 amide bonds. The molecular weight excluding hydrogens is 422 g/mol. The molecule has 0 bridgehead atoms. The number of carbonyl (C=O) groups is 1. The zero-order valence-corrected chi connectivity index (χ0v) is 18.7. The Hall–Kier alpha value is -3.10. The first-order chi connectivity index (χ1) is 15.8. The molecule has 0 saturated carbocycles. The van der Waals surface area contributed by atoms with Crippen molar-refractivity contribution in [3.63, 3.8) is 0 Å². The monoisotopic (exact) mass is 447 g/mol. The van der Waals surface area contributed by atoms with Crippen molar-refractivity contribution in [3.8, 4) is 0 Å². The number of nitrogens with zero attached hydrogens (tertiary/aromatic N) is 4. The second-order valence-electron chi connectivity index (χ2n) is 7.65. The molecule has 1 aliphatic heterocycles. The van der Waals surface area contributed by atoms with E-state index < -0.39 is 5.25 Å². The third-order valence-electron chi connectivity index (χ3n) is 5.73. The van der Waals surface area contributed by atoms with Gasteiger partial charge in [-0.2, -0.15) is 0 Å². The van der Waals surface area contributed by atoms with Crippen molar-refractivity contribution < 1.29 is 9.53 Å². The number of rotatable bonds is 7. The number of aromatic amines is 1. The van der Waals surface area contributed by atoms with Gasteiger partial charge in [-0.15, -0.1) is 10.2 Å². The van der Waals surface area contributed by atoms with Gasteiger partial charge in [-0.3, -0.25) is 9.36 Å². The van der Waals surface area contributed by atoms with Crippen LogP contribution < -0.4 is 4.90 Å². The van der Waals surface area contributed by atoms with Crippen LogP contribution in [0.25, 0.3) is 10.9 Å². The van der Waals surface area contributed by atoms with Crippen LogP contribution in [-0.4, -0.2) is 51.8 Å². The highest BCUT2D eigenvalue weighted by molar-refractivity contribution is 8.00. The molecule has 1 saturated heterocycles. The van der Waals surface area contributed by atoms with E-state index in [0.717, 1.165) is 47.2 Å². The van der Waals surface area contributed by atoms with Crippen LogP contribution in [-0.2, 0) is 11.3 Å². The second-order valence-corrected chi connectivity index (χ2v) is 8.72. The fourth-order valence-electron chi connectivity index (χ4n) is 4.06. The predicted molar refractivity (Wildman–Crippen MR) is 126 cm³/mol. The molecule has 5 rings (SSSR count). The Morgan fingerprint density at radius 3 is 2.62 bits per heavy atom. The van der Waals surface area contributed by atoms with Crippen molar-refractivity contribution in [3.05, 3.63) is 71.9 Å². The summed E-state index contributed by atoms with van der Waals surface area (Å²) in [7, 11) is 0. The highest BCUT2D eigenvalue weighted by Crippen LogP contribution is 2.39. The molecule has 7 nitrogen and oxygen atoms in total. The van der Waals surface area contributed by atoms with Crippen molar-refractivity contribution in [2.75, 3.05) is 31.2 Å². The molecule has 0 radical (unpaired) electrons. The van der Waals surface area contributed by atoms with Gasteiger partial charge in [0.1, 0.15) is 5.25 Å². The molecule has 8 heteroatoms. The number of benzene rings is 2. The first kappa shape index (κ1) is 20.8. The lowest BCUT2D eigenvalue weighted by atomic mass is 10.0. The summed E-state index contributed by atoms with van der Waals surface area (Å²) in [6.45, 7) is 5.76. The molecule has 2 aromatic heterocycles. The smallest absolute Gasteiger partial charge is 0.228 e. The molecule has 0 spiro atoms. The Morgan fingerprint density at radius 2 is 1.84 bits per heavy atom. The van der Waals surface area contributed by atoms with Crippen LogP contribution in [0, 0.1) is 0 Å². The fraction of sp³-hybridized carbons (Fsp3) is 0.292. The number of nitrogens with one attached hydrogen (secondary N) is 1. The van der Waals surface area contributed by atoms with Gasteiger partial charge in [0.05, 0.1) is 13.2 Å². The average Bonchev–Trinajstić information content (AvgIpc) is 3.47. The number of aromatic nitrogens is 4. The summed E-state index contributed by atoms with van der Waals surface area (Å²) >= 11 is 1.46.